The molecule has 1 N–H and O–H groups in total. The fourth-order valence-corrected chi connectivity index (χ4v) is 2.18. The van der Waals surface area contributed by atoms with Crippen LogP contribution < -0.4 is 0 Å². The predicted octanol–water partition coefficient (Wildman–Crippen LogP) is 2.14. The SMILES string of the molecule is CC(C)(C)C1CN(C(=O)C(C)(O)C(F)(F)F)CC1F. The highest BCUT2D eigenvalue weighted by Crippen LogP contribution is 2.38. The molecule has 0 aromatic carbocycles. The van der Waals surface area contributed by atoms with E-state index in [4.69, 9.17) is 0 Å². The third kappa shape index (κ3) is 3.01. The number of carbonyl (C=O) groups excluding carboxylic acids is 1. The Kier molecular flexibility index (Phi) is 3.93. The van der Waals surface area contributed by atoms with Gasteiger partial charge in [0, 0.05) is 12.5 Å². The molecule has 112 valence electrons. The molecule has 0 aromatic heterocycles. The van der Waals surface area contributed by atoms with Crippen LogP contribution >= 0.6 is 0 Å². The van der Waals surface area contributed by atoms with Gasteiger partial charge in [0.2, 0.25) is 5.60 Å². The van der Waals surface area contributed by atoms with Crippen molar-refractivity contribution in [2.75, 3.05) is 13.1 Å². The van der Waals surface area contributed by atoms with Gasteiger partial charge in [0.1, 0.15) is 6.17 Å². The Balaban J connectivity index is 2.88. The summed E-state index contributed by atoms with van der Waals surface area (Å²) in [6.45, 7) is 5.16. The number of likely N-dealkylation sites (tertiary alicyclic amines) is 1. The molecular weight excluding hydrogens is 266 g/mol. The number of rotatable bonds is 1. The van der Waals surface area contributed by atoms with Crippen LogP contribution in [0.2, 0.25) is 0 Å². The Morgan fingerprint density at radius 2 is 1.63 bits per heavy atom. The van der Waals surface area contributed by atoms with Gasteiger partial charge in [-0.05, 0) is 12.3 Å². The van der Waals surface area contributed by atoms with E-state index < -0.39 is 41.7 Å². The highest BCUT2D eigenvalue weighted by atomic mass is 19.4. The van der Waals surface area contributed by atoms with Crippen molar-refractivity contribution in [2.24, 2.45) is 11.3 Å². The smallest absolute Gasteiger partial charge is 0.373 e. The molecule has 0 radical (unpaired) electrons. The lowest BCUT2D eigenvalue weighted by Gasteiger charge is -2.31. The molecule has 1 aliphatic rings. The average molecular weight is 285 g/mol. The van der Waals surface area contributed by atoms with Crippen molar-refractivity contribution in [3.8, 4) is 0 Å². The minimum atomic E-state index is -5.07. The lowest BCUT2D eigenvalue weighted by atomic mass is 9.79. The van der Waals surface area contributed by atoms with Crippen LogP contribution in [0.5, 0.6) is 0 Å². The Morgan fingerprint density at radius 1 is 1.16 bits per heavy atom. The molecule has 3 nitrogen and oxygen atoms in total. The fraction of sp³-hybridized carbons (Fsp3) is 0.917. The van der Waals surface area contributed by atoms with E-state index in [2.05, 4.69) is 0 Å². The minimum absolute atomic E-state index is 0.115. The van der Waals surface area contributed by atoms with E-state index in [1.807, 2.05) is 0 Å². The maximum Gasteiger partial charge on any atom is 0.426 e. The van der Waals surface area contributed by atoms with Gasteiger partial charge < -0.3 is 10.0 Å². The number of halogens is 4. The van der Waals surface area contributed by atoms with Gasteiger partial charge in [-0.1, -0.05) is 20.8 Å². The molecule has 1 saturated heterocycles. The molecule has 0 saturated carbocycles. The van der Waals surface area contributed by atoms with Gasteiger partial charge in [-0.25, -0.2) is 4.39 Å². The third-order valence-electron chi connectivity index (χ3n) is 3.62. The van der Waals surface area contributed by atoms with Crippen LogP contribution in [-0.4, -0.2) is 47.0 Å². The number of carbonyl (C=O) groups is 1. The quantitative estimate of drug-likeness (QED) is 0.750. The predicted molar refractivity (Wildman–Crippen MR) is 61.1 cm³/mol. The topological polar surface area (TPSA) is 40.5 Å². The van der Waals surface area contributed by atoms with Crippen molar-refractivity contribution in [1.29, 1.82) is 0 Å². The summed E-state index contributed by atoms with van der Waals surface area (Å²) in [7, 11) is 0. The zero-order valence-corrected chi connectivity index (χ0v) is 11.4. The first-order chi connectivity index (χ1) is 8.28. The molecular formula is C12H19F4NO2. The number of aliphatic hydroxyl groups is 1. The monoisotopic (exact) mass is 285 g/mol. The summed E-state index contributed by atoms with van der Waals surface area (Å²) < 4.78 is 51.5. The molecule has 19 heavy (non-hydrogen) atoms. The maximum atomic E-state index is 13.8. The van der Waals surface area contributed by atoms with Crippen LogP contribution in [0.4, 0.5) is 17.6 Å². The number of alkyl halides is 4. The van der Waals surface area contributed by atoms with E-state index in [1.54, 1.807) is 20.8 Å². The van der Waals surface area contributed by atoms with Crippen molar-refractivity contribution in [1.82, 2.24) is 4.90 Å². The van der Waals surface area contributed by atoms with E-state index in [1.165, 1.54) is 0 Å². The van der Waals surface area contributed by atoms with Crippen LogP contribution in [0.25, 0.3) is 0 Å². The van der Waals surface area contributed by atoms with Gasteiger partial charge in [0.05, 0.1) is 6.54 Å². The Morgan fingerprint density at radius 3 is 1.95 bits per heavy atom. The van der Waals surface area contributed by atoms with Crippen molar-refractivity contribution >= 4 is 5.91 Å². The molecule has 1 amide bonds. The first-order valence-corrected chi connectivity index (χ1v) is 6.01. The Hall–Kier alpha value is -0.850. The zero-order valence-electron chi connectivity index (χ0n) is 11.4. The summed E-state index contributed by atoms with van der Waals surface area (Å²) in [6.07, 6.45) is -6.46. The van der Waals surface area contributed by atoms with Crippen LogP contribution in [0.3, 0.4) is 0 Å². The van der Waals surface area contributed by atoms with Crippen LogP contribution in [0.15, 0.2) is 0 Å². The van der Waals surface area contributed by atoms with Crippen LogP contribution in [0, 0.1) is 11.3 Å². The van der Waals surface area contributed by atoms with Crippen LogP contribution in [0.1, 0.15) is 27.7 Å². The van der Waals surface area contributed by atoms with Gasteiger partial charge in [0.25, 0.3) is 5.91 Å². The van der Waals surface area contributed by atoms with Gasteiger partial charge >= 0.3 is 6.18 Å². The second kappa shape index (κ2) is 4.61. The molecule has 1 rings (SSSR count). The fourth-order valence-electron chi connectivity index (χ4n) is 2.18. The number of hydrogen-bond donors (Lipinski definition) is 1. The van der Waals surface area contributed by atoms with Crippen molar-refractivity contribution < 1.29 is 27.5 Å². The van der Waals surface area contributed by atoms with E-state index in [0.717, 1.165) is 4.90 Å². The summed E-state index contributed by atoms with van der Waals surface area (Å²) >= 11 is 0. The normalized spacial score (nSPS) is 28.4. The molecule has 3 atom stereocenters. The minimum Gasteiger partial charge on any atom is -0.373 e. The van der Waals surface area contributed by atoms with Crippen molar-refractivity contribution in [3.05, 3.63) is 0 Å². The van der Waals surface area contributed by atoms with E-state index >= 15 is 0 Å². The first kappa shape index (κ1) is 16.2. The lowest BCUT2D eigenvalue weighted by molar-refractivity contribution is -0.249. The molecule has 1 heterocycles. The molecule has 1 aliphatic heterocycles. The average Bonchev–Trinajstić information content (AvgIpc) is 2.56. The van der Waals surface area contributed by atoms with E-state index in [-0.39, 0.29) is 6.54 Å². The third-order valence-corrected chi connectivity index (χ3v) is 3.62. The number of hydrogen-bond acceptors (Lipinski definition) is 2. The molecule has 0 bridgehead atoms. The summed E-state index contributed by atoms with van der Waals surface area (Å²) in [6, 6.07) is 0. The maximum absolute atomic E-state index is 13.8. The Bertz CT molecular complexity index is 360. The van der Waals surface area contributed by atoms with Crippen molar-refractivity contribution in [2.45, 2.75) is 45.6 Å². The first-order valence-electron chi connectivity index (χ1n) is 6.01. The Labute approximate surface area is 109 Å². The van der Waals surface area contributed by atoms with Crippen molar-refractivity contribution in [3.63, 3.8) is 0 Å². The van der Waals surface area contributed by atoms with Gasteiger partial charge in [-0.15, -0.1) is 0 Å². The molecule has 3 unspecified atom stereocenters. The summed E-state index contributed by atoms with van der Waals surface area (Å²) in [5.74, 6) is -2.03. The van der Waals surface area contributed by atoms with Gasteiger partial charge in [-0.2, -0.15) is 13.2 Å². The van der Waals surface area contributed by atoms with Crippen LogP contribution in [-0.2, 0) is 4.79 Å². The zero-order chi connectivity index (χ0) is 15.2. The molecule has 7 heteroatoms. The summed E-state index contributed by atoms with van der Waals surface area (Å²) in [5.41, 5.74) is -3.93. The highest BCUT2D eigenvalue weighted by Gasteiger charge is 2.58. The highest BCUT2D eigenvalue weighted by molar-refractivity contribution is 5.85. The molecule has 0 spiro atoms. The molecule has 0 aromatic rings. The second-order valence-electron chi connectivity index (χ2n) is 6.27. The number of amides is 1. The summed E-state index contributed by atoms with van der Waals surface area (Å²) in [4.78, 5) is 12.5. The van der Waals surface area contributed by atoms with E-state index in [9.17, 15) is 27.5 Å². The second-order valence-corrected chi connectivity index (χ2v) is 6.27. The number of nitrogens with zero attached hydrogens (tertiary/aromatic N) is 1. The van der Waals surface area contributed by atoms with Gasteiger partial charge in [-0.3, -0.25) is 4.79 Å². The molecule has 1 fully saturated rings. The van der Waals surface area contributed by atoms with E-state index in [0.29, 0.717) is 6.92 Å². The largest absolute Gasteiger partial charge is 0.426 e. The lowest BCUT2D eigenvalue weighted by Crippen LogP contribution is -2.55. The summed E-state index contributed by atoms with van der Waals surface area (Å²) in [5, 5.41) is 9.32. The van der Waals surface area contributed by atoms with Gasteiger partial charge in [0.15, 0.2) is 0 Å². The molecule has 0 aliphatic carbocycles. The standard InChI is InChI=1S/C12H19F4NO2/c1-10(2,3)7-5-17(6-8(7)13)9(18)11(4,19)12(14,15)16/h7-8,19H,5-6H2,1-4H3.